The molecule has 0 heterocycles. The van der Waals surface area contributed by atoms with Crippen LogP contribution < -0.4 is 0 Å². The highest BCUT2D eigenvalue weighted by Gasteiger charge is 2.25. The molecule has 0 aliphatic rings. The third kappa shape index (κ3) is 14.2. The second-order valence-electron chi connectivity index (χ2n) is 8.42. The second-order valence-corrected chi connectivity index (χ2v) is 9.28. The lowest BCUT2D eigenvalue weighted by Crippen LogP contribution is -2.24. The Balaban J connectivity index is 4.53. The Morgan fingerprint density at radius 1 is 0.480 bits per heavy atom. The Hall–Kier alpha value is 0.430. The van der Waals surface area contributed by atoms with Crippen LogP contribution in [-0.2, 0) is 0 Å². The smallest absolute Gasteiger partial charge is 0.0233 e. The molecule has 0 aliphatic carbocycles. The molecule has 0 nitrogen and oxygen atoms in total. The second kappa shape index (κ2) is 19.2. The topological polar surface area (TPSA) is 0 Å². The molecule has 1 heteroatoms. The van der Waals surface area contributed by atoms with Gasteiger partial charge in [-0.15, -0.1) is 9.24 Å². The van der Waals surface area contributed by atoms with Crippen LogP contribution in [0.25, 0.3) is 0 Å². The number of hydrogen-bond acceptors (Lipinski definition) is 0. The summed E-state index contributed by atoms with van der Waals surface area (Å²) in [6.07, 6.45) is 24.4. The van der Waals surface area contributed by atoms with Crippen molar-refractivity contribution in [2.75, 3.05) is 0 Å². The molecule has 0 aromatic heterocycles. The molecule has 0 rings (SSSR count). The predicted molar refractivity (Wildman–Crippen MR) is 122 cm³/mol. The average molecular weight is 371 g/mol. The Bertz CT molecular complexity index is 250. The molecule has 25 heavy (non-hydrogen) atoms. The summed E-state index contributed by atoms with van der Waals surface area (Å²) in [6, 6.07) is 0. The van der Waals surface area contributed by atoms with Gasteiger partial charge in [-0.2, -0.15) is 0 Å². The minimum absolute atomic E-state index is 0.862. The van der Waals surface area contributed by atoms with Crippen molar-refractivity contribution in [2.45, 2.75) is 143 Å². The van der Waals surface area contributed by atoms with Gasteiger partial charge in [0.2, 0.25) is 0 Å². The van der Waals surface area contributed by atoms with E-state index in [9.17, 15) is 0 Å². The highest BCUT2D eigenvalue weighted by Crippen LogP contribution is 2.36. The van der Waals surface area contributed by atoms with Crippen LogP contribution in [0.1, 0.15) is 137 Å². The first kappa shape index (κ1) is 25.4. The first-order valence-corrected chi connectivity index (χ1v) is 12.6. The molecular formula is C24H51P. The van der Waals surface area contributed by atoms with E-state index in [0.717, 1.165) is 17.5 Å². The van der Waals surface area contributed by atoms with Gasteiger partial charge in [0.05, 0.1) is 0 Å². The molecule has 0 bridgehead atoms. The van der Waals surface area contributed by atoms with Crippen molar-refractivity contribution in [3.05, 3.63) is 0 Å². The van der Waals surface area contributed by atoms with Crippen molar-refractivity contribution < 1.29 is 0 Å². The molecule has 0 spiro atoms. The molecule has 0 aromatic rings. The Kier molecular flexibility index (Phi) is 19.5. The van der Waals surface area contributed by atoms with Crippen molar-refractivity contribution in [3.8, 4) is 0 Å². The van der Waals surface area contributed by atoms with Crippen molar-refractivity contribution >= 4 is 9.24 Å². The van der Waals surface area contributed by atoms with E-state index in [1.807, 2.05) is 0 Å². The zero-order valence-corrected chi connectivity index (χ0v) is 19.5. The summed E-state index contributed by atoms with van der Waals surface area (Å²) >= 11 is 0. The van der Waals surface area contributed by atoms with Gasteiger partial charge in [0.25, 0.3) is 0 Å². The Morgan fingerprint density at radius 3 is 1.56 bits per heavy atom. The highest BCUT2D eigenvalue weighted by atomic mass is 31.0. The van der Waals surface area contributed by atoms with E-state index in [0.29, 0.717) is 0 Å². The van der Waals surface area contributed by atoms with Crippen LogP contribution in [0, 0.1) is 11.8 Å². The molecule has 0 radical (unpaired) electrons. The predicted octanol–water partition coefficient (Wildman–Crippen LogP) is 9.17. The molecule has 4 atom stereocenters. The normalized spacial score (nSPS) is 15.2. The van der Waals surface area contributed by atoms with Crippen LogP contribution in [0.3, 0.4) is 0 Å². The van der Waals surface area contributed by atoms with Crippen LogP contribution >= 0.6 is 9.24 Å². The van der Waals surface area contributed by atoms with E-state index in [2.05, 4.69) is 36.9 Å². The number of unbranched alkanes of at least 4 members (excludes halogenated alkanes) is 9. The van der Waals surface area contributed by atoms with Gasteiger partial charge in [-0.1, -0.05) is 124 Å². The van der Waals surface area contributed by atoms with E-state index in [1.165, 1.54) is 109 Å². The van der Waals surface area contributed by atoms with Crippen LogP contribution in [-0.4, -0.2) is 5.66 Å². The van der Waals surface area contributed by atoms with Gasteiger partial charge in [-0.3, -0.25) is 0 Å². The van der Waals surface area contributed by atoms with E-state index in [4.69, 9.17) is 0 Å². The van der Waals surface area contributed by atoms with E-state index in [-0.39, 0.29) is 0 Å². The van der Waals surface area contributed by atoms with Crippen LogP contribution in [0.2, 0.25) is 0 Å². The molecular weight excluding hydrogens is 319 g/mol. The van der Waals surface area contributed by atoms with Crippen LogP contribution in [0.15, 0.2) is 0 Å². The average Bonchev–Trinajstić information content (AvgIpc) is 2.61. The summed E-state index contributed by atoms with van der Waals surface area (Å²) in [5, 5.41) is 0. The van der Waals surface area contributed by atoms with Crippen LogP contribution in [0.4, 0.5) is 0 Å². The summed E-state index contributed by atoms with van der Waals surface area (Å²) in [7, 11) is 3.29. The van der Waals surface area contributed by atoms with E-state index < -0.39 is 0 Å². The fourth-order valence-corrected chi connectivity index (χ4v) is 5.15. The standard InChI is InChI=1S/C24H51P/c1-5-9-12-14-17-21-24(25)23(20-16-13-10-6-2)22(18-8-4)19-15-11-7-3/h22-24H,5-21,25H2,1-4H3. The number of rotatable bonds is 19. The maximum absolute atomic E-state index is 3.29. The summed E-state index contributed by atoms with van der Waals surface area (Å²) in [5.41, 5.74) is 0.862. The lowest BCUT2D eigenvalue weighted by Gasteiger charge is -2.32. The van der Waals surface area contributed by atoms with Crippen molar-refractivity contribution in [1.82, 2.24) is 0 Å². The van der Waals surface area contributed by atoms with Crippen LogP contribution in [0.5, 0.6) is 0 Å². The van der Waals surface area contributed by atoms with E-state index >= 15 is 0 Å². The summed E-state index contributed by atoms with van der Waals surface area (Å²) in [5.74, 6) is 1.95. The Morgan fingerprint density at radius 2 is 0.960 bits per heavy atom. The van der Waals surface area contributed by atoms with Gasteiger partial charge < -0.3 is 0 Å². The summed E-state index contributed by atoms with van der Waals surface area (Å²) < 4.78 is 0. The van der Waals surface area contributed by atoms with Gasteiger partial charge in [0, 0.05) is 0 Å². The summed E-state index contributed by atoms with van der Waals surface area (Å²) in [4.78, 5) is 0. The minimum Gasteiger partial charge on any atom is -0.134 e. The van der Waals surface area contributed by atoms with Crippen molar-refractivity contribution in [3.63, 3.8) is 0 Å². The van der Waals surface area contributed by atoms with Gasteiger partial charge in [-0.25, -0.2) is 0 Å². The molecule has 4 unspecified atom stereocenters. The lowest BCUT2D eigenvalue weighted by atomic mass is 9.78. The molecule has 0 aliphatic heterocycles. The fourth-order valence-electron chi connectivity index (χ4n) is 4.40. The Labute approximate surface area is 163 Å². The molecule has 0 amide bonds. The maximum Gasteiger partial charge on any atom is -0.0233 e. The van der Waals surface area contributed by atoms with Crippen molar-refractivity contribution in [1.29, 1.82) is 0 Å². The number of hydrogen-bond donors (Lipinski definition) is 0. The zero-order valence-electron chi connectivity index (χ0n) is 18.3. The van der Waals surface area contributed by atoms with E-state index in [1.54, 1.807) is 0 Å². The molecule has 0 saturated carbocycles. The molecule has 0 fully saturated rings. The molecule has 0 N–H and O–H groups in total. The van der Waals surface area contributed by atoms with Crippen molar-refractivity contribution in [2.24, 2.45) is 11.8 Å². The van der Waals surface area contributed by atoms with Gasteiger partial charge in [-0.05, 0) is 30.3 Å². The fraction of sp³-hybridized carbons (Fsp3) is 1.00. The molecule has 152 valence electrons. The first-order valence-electron chi connectivity index (χ1n) is 12.0. The van der Waals surface area contributed by atoms with Gasteiger partial charge in [0.15, 0.2) is 0 Å². The monoisotopic (exact) mass is 370 g/mol. The minimum atomic E-state index is 0.862. The lowest BCUT2D eigenvalue weighted by molar-refractivity contribution is 0.248. The third-order valence-electron chi connectivity index (χ3n) is 6.03. The maximum atomic E-state index is 3.29. The highest BCUT2D eigenvalue weighted by molar-refractivity contribution is 7.17. The van der Waals surface area contributed by atoms with Gasteiger partial charge in [0.1, 0.15) is 0 Å². The third-order valence-corrected chi connectivity index (χ3v) is 6.85. The SMILES string of the molecule is CCCCCCCC(P)C(CCCCCC)C(CCC)CCCCC. The first-order chi connectivity index (χ1) is 12.2. The molecule has 0 aromatic carbocycles. The summed E-state index contributed by atoms with van der Waals surface area (Å²) in [6.45, 7) is 9.38. The zero-order chi connectivity index (χ0) is 18.8. The molecule has 0 saturated heterocycles. The largest absolute Gasteiger partial charge is 0.134 e. The van der Waals surface area contributed by atoms with Gasteiger partial charge >= 0.3 is 0 Å². The quantitative estimate of drug-likeness (QED) is 0.157.